The summed E-state index contributed by atoms with van der Waals surface area (Å²) in [6.07, 6.45) is 0. The number of hydrogen-bond donors (Lipinski definition) is 0. The number of nitrogens with zero attached hydrogens (tertiary/aromatic N) is 10. The summed E-state index contributed by atoms with van der Waals surface area (Å²) < 4.78 is 4.26. The third kappa shape index (κ3) is 11.9. The van der Waals surface area contributed by atoms with Crippen LogP contribution in [0.5, 0.6) is 0 Å². The highest BCUT2D eigenvalue weighted by atomic mass is 15.2. The topological polar surface area (TPSA) is 112 Å². The van der Waals surface area contributed by atoms with Crippen LogP contribution in [0.15, 0.2) is 425 Å². The Morgan fingerprint density at radius 1 is 0.198 bits per heavy atom. The molecule has 126 heavy (non-hydrogen) atoms. The molecule has 0 bridgehead atoms. The van der Waals surface area contributed by atoms with E-state index in [0.29, 0.717) is 34.9 Å². The van der Waals surface area contributed by atoms with E-state index >= 15 is 0 Å². The molecular weight excluding hydrogens is 1530 g/mol. The van der Waals surface area contributed by atoms with Gasteiger partial charge in [0.1, 0.15) is 11.4 Å². The average molecular weight is 1610 g/mol. The molecule has 0 radical (unpaired) electrons. The molecule has 25 rings (SSSR count). The minimum atomic E-state index is -0.488. The number of hydrogen-bond acceptors (Lipinski definition) is 8. The van der Waals surface area contributed by atoms with Crippen molar-refractivity contribution in [3.05, 3.63) is 458 Å². The van der Waals surface area contributed by atoms with Crippen LogP contribution < -0.4 is 0 Å². The quantitative estimate of drug-likeness (QED) is 0.119. The van der Waals surface area contributed by atoms with Gasteiger partial charge in [-0.05, 0) is 125 Å². The number of pyridine rings is 2. The first kappa shape index (κ1) is 73.4. The molecule has 0 N–H and O–H groups in total. The zero-order valence-electron chi connectivity index (χ0n) is 68.9. The van der Waals surface area contributed by atoms with Crippen molar-refractivity contribution in [2.45, 2.75) is 24.7 Å². The van der Waals surface area contributed by atoms with Gasteiger partial charge in [-0.3, -0.25) is 0 Å². The molecule has 0 saturated heterocycles. The van der Waals surface area contributed by atoms with Gasteiger partial charge in [0.2, 0.25) is 0 Å². The standard InChI is InChI=1S/C63H39N5.C53H37N5/c1-4-19-40(20-5-1)56-39-43-25-10-11-28-47(43)59-57(41-21-6-2-7-22-41)58(67-68(56)59)44-26-18-27-45(37-44)61-64-60(42-23-8-3-9-24-42)65-62(66-61)46-35-36-51-50-31-14-17-34-54(50)63(55(51)38-46)52-32-15-12-29-48(52)49-30-13-16-33-53(49)63;1-53(2)44-28-15-14-27-42(44)43-30-29-40(32-45(43)53)52-55-50(36-21-10-5-11-22-36)54-51(56-52)39-25-16-24-38(31-39)48-47(35-19-8-4-9-20-35)49-41-26-13-12-23-37(41)33-46(58(49)57-48)34-17-6-3-7-18-34/h1-39H;3-33H,1-2H3. The summed E-state index contributed by atoms with van der Waals surface area (Å²) in [6.45, 7) is 4.60. The molecule has 0 unspecified atom stereocenters. The molecule has 0 saturated carbocycles. The zero-order valence-corrected chi connectivity index (χ0v) is 68.9. The highest BCUT2D eigenvalue weighted by Gasteiger charge is 2.52. The van der Waals surface area contributed by atoms with Crippen molar-refractivity contribution < 1.29 is 0 Å². The van der Waals surface area contributed by atoms with Crippen LogP contribution in [-0.4, -0.2) is 49.1 Å². The van der Waals surface area contributed by atoms with E-state index in [1.54, 1.807) is 0 Å². The molecule has 6 heterocycles. The molecule has 6 aromatic heterocycles. The van der Waals surface area contributed by atoms with E-state index < -0.39 is 5.41 Å². The third-order valence-corrected chi connectivity index (χ3v) is 25.7. The fraction of sp³-hybridized carbons (Fsp3) is 0.0345. The second-order valence-corrected chi connectivity index (χ2v) is 33.2. The van der Waals surface area contributed by atoms with Gasteiger partial charge in [-0.25, -0.2) is 38.9 Å². The first-order chi connectivity index (χ1) is 62.2. The number of fused-ring (bicyclic) bond motifs is 19. The maximum absolute atomic E-state index is 5.53. The molecule has 0 aliphatic heterocycles. The number of benzene rings is 16. The highest BCUT2D eigenvalue weighted by molar-refractivity contribution is 6.11. The van der Waals surface area contributed by atoms with E-state index in [9.17, 15) is 0 Å². The van der Waals surface area contributed by atoms with Crippen molar-refractivity contribution in [3.63, 3.8) is 0 Å². The lowest BCUT2D eigenvalue weighted by Crippen LogP contribution is -2.25. The largest absolute Gasteiger partial charge is 0.231 e. The summed E-state index contributed by atoms with van der Waals surface area (Å²) in [4.78, 5) is 31.4. The summed E-state index contributed by atoms with van der Waals surface area (Å²) >= 11 is 0. The predicted octanol–water partition coefficient (Wildman–Crippen LogP) is 28.0. The second kappa shape index (κ2) is 29.7. The van der Waals surface area contributed by atoms with E-state index in [-0.39, 0.29) is 5.41 Å². The monoisotopic (exact) mass is 1610 g/mol. The van der Waals surface area contributed by atoms with Crippen molar-refractivity contribution in [2.24, 2.45) is 0 Å². The van der Waals surface area contributed by atoms with Gasteiger partial charge in [0.15, 0.2) is 34.9 Å². The van der Waals surface area contributed by atoms with Gasteiger partial charge in [-0.1, -0.05) is 402 Å². The maximum atomic E-state index is 5.53. The van der Waals surface area contributed by atoms with Crippen molar-refractivity contribution in [3.8, 4) is 169 Å². The molecule has 10 nitrogen and oxygen atoms in total. The second-order valence-electron chi connectivity index (χ2n) is 33.2. The Morgan fingerprint density at radius 2 is 0.476 bits per heavy atom. The molecule has 10 heteroatoms. The molecule has 0 amide bonds. The predicted molar refractivity (Wildman–Crippen MR) is 511 cm³/mol. The van der Waals surface area contributed by atoms with Crippen molar-refractivity contribution in [1.82, 2.24) is 49.1 Å². The van der Waals surface area contributed by atoms with Crippen LogP contribution in [0.4, 0.5) is 0 Å². The summed E-state index contributed by atoms with van der Waals surface area (Å²) in [6, 6.07) is 150. The molecule has 3 aliphatic rings. The zero-order chi connectivity index (χ0) is 83.6. The molecular formula is C116H76N10. The van der Waals surface area contributed by atoms with Gasteiger partial charge >= 0.3 is 0 Å². The number of rotatable bonds is 12. The van der Waals surface area contributed by atoms with E-state index in [0.717, 1.165) is 133 Å². The summed E-state index contributed by atoms with van der Waals surface area (Å²) in [7, 11) is 0. The molecule has 590 valence electrons. The van der Waals surface area contributed by atoms with Crippen molar-refractivity contribution in [2.75, 3.05) is 0 Å². The Bertz CT molecular complexity index is 8040. The lowest BCUT2D eigenvalue weighted by molar-refractivity contribution is 0.660. The van der Waals surface area contributed by atoms with Gasteiger partial charge in [0.25, 0.3) is 0 Å². The Labute approximate surface area is 728 Å². The van der Waals surface area contributed by atoms with E-state index in [4.69, 9.17) is 40.1 Å². The molecule has 16 aromatic carbocycles. The lowest BCUT2D eigenvalue weighted by atomic mass is 9.70. The molecule has 0 atom stereocenters. The first-order valence-corrected chi connectivity index (χ1v) is 42.9. The lowest BCUT2D eigenvalue weighted by Gasteiger charge is -2.30. The fourth-order valence-corrected chi connectivity index (χ4v) is 20.0. The highest BCUT2D eigenvalue weighted by Crippen LogP contribution is 2.63. The van der Waals surface area contributed by atoms with Crippen LogP contribution >= 0.6 is 0 Å². The molecule has 3 aliphatic carbocycles. The Kier molecular flexibility index (Phi) is 17.3. The minimum Gasteiger partial charge on any atom is -0.231 e. The Balaban J connectivity index is 0.000000143. The van der Waals surface area contributed by atoms with Crippen LogP contribution in [0.3, 0.4) is 0 Å². The van der Waals surface area contributed by atoms with Crippen LogP contribution in [0, 0.1) is 0 Å². The van der Waals surface area contributed by atoms with Crippen molar-refractivity contribution >= 4 is 32.6 Å². The molecule has 1 spiro atoms. The fourth-order valence-electron chi connectivity index (χ4n) is 20.0. The Morgan fingerprint density at radius 3 is 0.873 bits per heavy atom. The minimum absolute atomic E-state index is 0.148. The van der Waals surface area contributed by atoms with Gasteiger partial charge in [0, 0.05) is 82.9 Å². The summed E-state index contributed by atoms with van der Waals surface area (Å²) in [5.41, 5.74) is 34.6. The molecule has 22 aromatic rings. The SMILES string of the molecule is CC1(C)c2ccccc2-c2ccc(-c3nc(-c4ccccc4)nc(-c4cccc(-c5nn6c(-c7ccccc7)cc7ccccc7c6c5-c5ccccc5)c4)n3)cc21.c1ccc(-c2nc(-c3cccc(-c4nn5c(-c6ccccc6)cc6ccccc6c5c4-c4ccccc4)c3)nc(-c3ccc4c(c3)C3(c5ccccc5-c5ccccc53)c3ccccc3-4)n2)cc1. The molecule has 0 fully saturated rings. The number of aromatic nitrogens is 10. The van der Waals surface area contributed by atoms with Crippen LogP contribution in [0.2, 0.25) is 0 Å². The van der Waals surface area contributed by atoms with E-state index in [1.807, 2.05) is 36.4 Å². The van der Waals surface area contributed by atoms with Gasteiger partial charge in [-0.2, -0.15) is 10.2 Å². The van der Waals surface area contributed by atoms with E-state index in [1.165, 1.54) is 66.8 Å². The van der Waals surface area contributed by atoms with Crippen LogP contribution in [0.25, 0.3) is 202 Å². The Hall–Kier alpha value is -16.6. The average Bonchev–Trinajstić information content (AvgIpc) is 1.51. The smallest absolute Gasteiger partial charge is 0.164 e. The van der Waals surface area contributed by atoms with Gasteiger partial charge < -0.3 is 0 Å². The van der Waals surface area contributed by atoms with E-state index in [2.05, 4.69) is 411 Å². The first-order valence-electron chi connectivity index (χ1n) is 42.9. The van der Waals surface area contributed by atoms with Gasteiger partial charge in [0.05, 0.1) is 27.8 Å². The third-order valence-electron chi connectivity index (χ3n) is 25.7. The van der Waals surface area contributed by atoms with Crippen LogP contribution in [0.1, 0.15) is 47.2 Å². The normalized spacial score (nSPS) is 12.8. The van der Waals surface area contributed by atoms with Gasteiger partial charge in [-0.15, -0.1) is 0 Å². The van der Waals surface area contributed by atoms with Crippen molar-refractivity contribution in [1.29, 1.82) is 0 Å². The summed E-state index contributed by atoms with van der Waals surface area (Å²) in [5.74, 6) is 3.69. The maximum Gasteiger partial charge on any atom is 0.164 e. The van der Waals surface area contributed by atoms with Crippen LogP contribution in [-0.2, 0) is 10.8 Å². The summed E-state index contributed by atoms with van der Waals surface area (Å²) in [5, 5.41) is 15.6.